The molecule has 3 nitrogen and oxygen atoms in total. The maximum atomic E-state index is 12.7. The number of amides is 1. The number of carbonyl (C=O) groups is 1. The zero-order valence-corrected chi connectivity index (χ0v) is 12.8. The highest BCUT2D eigenvalue weighted by molar-refractivity contribution is 7.99. The third kappa shape index (κ3) is 6.29. The van der Waals surface area contributed by atoms with Crippen LogP contribution in [-0.2, 0) is 11.0 Å². The van der Waals surface area contributed by atoms with Gasteiger partial charge in [0, 0.05) is 23.5 Å². The van der Waals surface area contributed by atoms with Gasteiger partial charge in [0.15, 0.2) is 0 Å². The van der Waals surface area contributed by atoms with Crippen LogP contribution in [0, 0.1) is 5.92 Å². The van der Waals surface area contributed by atoms with E-state index in [-0.39, 0.29) is 23.7 Å². The smallest absolute Gasteiger partial charge is 0.398 e. The fraction of sp³-hybridized carbons (Fsp3) is 0.500. The number of alkyl halides is 3. The molecule has 0 aliphatic rings. The first-order valence-corrected chi connectivity index (χ1v) is 7.70. The van der Waals surface area contributed by atoms with Gasteiger partial charge < -0.3 is 11.1 Å². The molecule has 21 heavy (non-hydrogen) atoms. The molecule has 0 aliphatic heterocycles. The summed E-state index contributed by atoms with van der Waals surface area (Å²) in [5.41, 5.74) is 4.11. The lowest BCUT2D eigenvalue weighted by molar-refractivity contribution is -0.136. The monoisotopic (exact) mass is 320 g/mol. The zero-order chi connectivity index (χ0) is 16.0. The van der Waals surface area contributed by atoms with Gasteiger partial charge in [0.2, 0.25) is 5.91 Å². The lowest BCUT2D eigenvalue weighted by Gasteiger charge is -2.12. The number of rotatable bonds is 6. The van der Waals surface area contributed by atoms with E-state index < -0.39 is 11.7 Å². The topological polar surface area (TPSA) is 55.1 Å². The van der Waals surface area contributed by atoms with Crippen molar-refractivity contribution in [2.24, 2.45) is 5.92 Å². The van der Waals surface area contributed by atoms with Crippen LogP contribution in [0.3, 0.4) is 0 Å². The molecule has 7 heteroatoms. The predicted octanol–water partition coefficient (Wildman–Crippen LogP) is 4.01. The van der Waals surface area contributed by atoms with Crippen LogP contribution in [-0.4, -0.2) is 17.4 Å². The number of halogens is 3. The molecule has 0 fully saturated rings. The van der Waals surface area contributed by atoms with Crippen molar-refractivity contribution in [3.8, 4) is 0 Å². The summed E-state index contributed by atoms with van der Waals surface area (Å²) in [6.07, 6.45) is -4.26. The number of hydrogen-bond acceptors (Lipinski definition) is 3. The molecular formula is C14H19F3N2OS. The summed E-state index contributed by atoms with van der Waals surface area (Å²) in [7, 11) is 0. The molecule has 3 N–H and O–H groups in total. The van der Waals surface area contributed by atoms with Gasteiger partial charge in [-0.3, -0.25) is 4.79 Å². The summed E-state index contributed by atoms with van der Waals surface area (Å²) < 4.78 is 38.1. The average molecular weight is 320 g/mol. The van der Waals surface area contributed by atoms with E-state index in [4.69, 9.17) is 5.73 Å². The SMILES string of the molecule is CC(C)CSCCC(=O)Nc1ccc(N)c(C(F)(F)F)c1. The molecule has 0 saturated heterocycles. The minimum Gasteiger partial charge on any atom is -0.398 e. The number of nitrogens with two attached hydrogens (primary N) is 1. The van der Waals surface area contributed by atoms with E-state index in [1.807, 2.05) is 0 Å². The normalized spacial score (nSPS) is 11.7. The molecule has 0 heterocycles. The predicted molar refractivity (Wildman–Crippen MR) is 81.3 cm³/mol. The number of benzene rings is 1. The molecule has 0 saturated carbocycles. The summed E-state index contributed by atoms with van der Waals surface area (Å²) >= 11 is 1.65. The molecule has 0 aromatic heterocycles. The van der Waals surface area contributed by atoms with Gasteiger partial charge in [0.05, 0.1) is 5.56 Å². The van der Waals surface area contributed by atoms with E-state index in [0.29, 0.717) is 11.7 Å². The first-order valence-electron chi connectivity index (χ1n) is 6.54. The minimum atomic E-state index is -4.53. The maximum absolute atomic E-state index is 12.7. The molecular weight excluding hydrogens is 301 g/mol. The van der Waals surface area contributed by atoms with Crippen molar-refractivity contribution in [3.05, 3.63) is 23.8 Å². The average Bonchev–Trinajstić information content (AvgIpc) is 2.35. The van der Waals surface area contributed by atoms with Gasteiger partial charge in [0.25, 0.3) is 0 Å². The highest BCUT2D eigenvalue weighted by atomic mass is 32.2. The summed E-state index contributed by atoms with van der Waals surface area (Å²) in [5.74, 6) is 1.84. The van der Waals surface area contributed by atoms with Crippen molar-refractivity contribution in [2.45, 2.75) is 26.4 Å². The van der Waals surface area contributed by atoms with Crippen molar-refractivity contribution >= 4 is 29.0 Å². The number of nitrogen functional groups attached to an aromatic ring is 1. The van der Waals surface area contributed by atoms with Gasteiger partial charge in [-0.05, 0) is 29.9 Å². The molecule has 0 atom stereocenters. The molecule has 0 radical (unpaired) electrons. The van der Waals surface area contributed by atoms with Crippen LogP contribution in [0.5, 0.6) is 0 Å². The first kappa shape index (κ1) is 17.7. The van der Waals surface area contributed by atoms with Crippen molar-refractivity contribution in [3.63, 3.8) is 0 Å². The quantitative estimate of drug-likeness (QED) is 0.615. The number of nitrogens with one attached hydrogen (secondary N) is 1. The zero-order valence-electron chi connectivity index (χ0n) is 12.0. The molecule has 1 aromatic carbocycles. The van der Waals surface area contributed by atoms with Gasteiger partial charge in [0.1, 0.15) is 0 Å². The Morgan fingerprint density at radius 3 is 2.62 bits per heavy atom. The van der Waals surface area contributed by atoms with E-state index in [9.17, 15) is 18.0 Å². The standard InChI is InChI=1S/C14H19F3N2OS/c1-9(2)8-21-6-5-13(20)19-10-3-4-12(18)11(7-10)14(15,16)17/h3-4,7,9H,5-6,8,18H2,1-2H3,(H,19,20). The second kappa shape index (κ2) is 7.59. The number of thioether (sulfide) groups is 1. The van der Waals surface area contributed by atoms with Gasteiger partial charge in [-0.15, -0.1) is 0 Å². The van der Waals surface area contributed by atoms with Gasteiger partial charge in [-0.25, -0.2) is 0 Å². The van der Waals surface area contributed by atoms with Crippen molar-refractivity contribution < 1.29 is 18.0 Å². The van der Waals surface area contributed by atoms with Crippen molar-refractivity contribution in [1.82, 2.24) is 0 Å². The fourth-order valence-electron chi connectivity index (χ4n) is 1.59. The van der Waals surface area contributed by atoms with Crippen LogP contribution in [0.15, 0.2) is 18.2 Å². The fourth-order valence-corrected chi connectivity index (χ4v) is 2.55. The number of hydrogen-bond donors (Lipinski definition) is 2. The summed E-state index contributed by atoms with van der Waals surface area (Å²) in [6.45, 7) is 4.17. The van der Waals surface area contributed by atoms with Gasteiger partial charge in [-0.2, -0.15) is 24.9 Å². The van der Waals surface area contributed by atoms with E-state index in [0.717, 1.165) is 17.9 Å². The largest absolute Gasteiger partial charge is 0.418 e. The highest BCUT2D eigenvalue weighted by Crippen LogP contribution is 2.35. The van der Waals surface area contributed by atoms with Gasteiger partial charge in [-0.1, -0.05) is 13.8 Å². The Morgan fingerprint density at radius 2 is 2.05 bits per heavy atom. The summed E-state index contributed by atoms with van der Waals surface area (Å²) in [4.78, 5) is 11.7. The van der Waals surface area contributed by atoms with Crippen LogP contribution in [0.1, 0.15) is 25.8 Å². The first-order chi connectivity index (χ1) is 9.70. The molecule has 0 unspecified atom stereocenters. The van der Waals surface area contributed by atoms with E-state index in [1.54, 1.807) is 11.8 Å². The Hall–Kier alpha value is -1.37. The third-order valence-electron chi connectivity index (χ3n) is 2.57. The second-order valence-electron chi connectivity index (χ2n) is 5.07. The van der Waals surface area contributed by atoms with Crippen molar-refractivity contribution in [1.29, 1.82) is 0 Å². The molecule has 0 aliphatic carbocycles. The third-order valence-corrected chi connectivity index (χ3v) is 3.96. The summed E-state index contributed by atoms with van der Waals surface area (Å²) in [6, 6.07) is 3.37. The lowest BCUT2D eigenvalue weighted by Crippen LogP contribution is -2.14. The maximum Gasteiger partial charge on any atom is 0.418 e. The molecule has 1 aromatic rings. The molecule has 0 bridgehead atoms. The van der Waals surface area contributed by atoms with Crippen molar-refractivity contribution in [2.75, 3.05) is 22.6 Å². The highest BCUT2D eigenvalue weighted by Gasteiger charge is 2.33. The van der Waals surface area contributed by atoms with Crippen LogP contribution >= 0.6 is 11.8 Å². The van der Waals surface area contributed by atoms with E-state index in [2.05, 4.69) is 19.2 Å². The summed E-state index contributed by atoms with van der Waals surface area (Å²) in [5, 5.41) is 2.46. The van der Waals surface area contributed by atoms with Crippen LogP contribution < -0.4 is 11.1 Å². The lowest BCUT2D eigenvalue weighted by atomic mass is 10.1. The Kier molecular flexibility index (Phi) is 6.39. The Bertz CT molecular complexity index is 490. The Morgan fingerprint density at radius 1 is 1.38 bits per heavy atom. The molecule has 118 valence electrons. The van der Waals surface area contributed by atoms with Gasteiger partial charge >= 0.3 is 6.18 Å². The van der Waals surface area contributed by atoms with Crippen LogP contribution in [0.4, 0.5) is 24.5 Å². The molecule has 1 rings (SSSR count). The Balaban J connectivity index is 2.57. The Labute approximate surface area is 126 Å². The van der Waals surface area contributed by atoms with E-state index in [1.165, 1.54) is 6.07 Å². The second-order valence-corrected chi connectivity index (χ2v) is 6.22. The molecule has 0 spiro atoms. The number of anilines is 2. The number of carbonyl (C=O) groups excluding carboxylic acids is 1. The van der Waals surface area contributed by atoms with Crippen LogP contribution in [0.25, 0.3) is 0 Å². The van der Waals surface area contributed by atoms with Crippen LogP contribution in [0.2, 0.25) is 0 Å². The van der Waals surface area contributed by atoms with E-state index >= 15 is 0 Å². The minimum absolute atomic E-state index is 0.107. The molecule has 1 amide bonds.